The fraction of sp³-hybridized carbons (Fsp3) is 0.467. The summed E-state index contributed by atoms with van der Waals surface area (Å²) in [7, 11) is 0. The molecule has 6 heteroatoms. The molecule has 0 saturated heterocycles. The number of carbonyl (C=O) groups excluding carboxylic acids is 1. The summed E-state index contributed by atoms with van der Waals surface area (Å²) in [5.74, 6) is -0.110. The minimum Gasteiger partial charge on any atom is -0.481 e. The summed E-state index contributed by atoms with van der Waals surface area (Å²) in [6, 6.07) is 6.26. The van der Waals surface area contributed by atoms with Crippen LogP contribution in [0, 0.1) is 5.92 Å². The van der Waals surface area contributed by atoms with Gasteiger partial charge in [0, 0.05) is 16.2 Å². The molecule has 1 aromatic rings. The summed E-state index contributed by atoms with van der Waals surface area (Å²) in [6.07, 6.45) is -0.103. The predicted molar refractivity (Wildman–Crippen MR) is 88.5 cm³/mol. The Morgan fingerprint density at radius 1 is 1.14 bits per heavy atom. The Bertz CT molecular complexity index is 444. The van der Waals surface area contributed by atoms with Crippen LogP contribution in [0.15, 0.2) is 28.7 Å². The molecule has 1 atom stereocenters. The largest absolute Gasteiger partial charge is 0.481 e. The van der Waals surface area contributed by atoms with Crippen molar-refractivity contribution >= 4 is 33.6 Å². The fourth-order valence-electron chi connectivity index (χ4n) is 1.24. The number of hydrogen-bond donors (Lipinski definition) is 3. The maximum absolute atomic E-state index is 11.5. The van der Waals surface area contributed by atoms with Crippen LogP contribution >= 0.6 is 15.9 Å². The topological polar surface area (TPSA) is 78.4 Å². The lowest BCUT2D eigenvalue weighted by Gasteiger charge is -2.12. The summed E-state index contributed by atoms with van der Waals surface area (Å²) >= 11 is 3.29. The highest BCUT2D eigenvalue weighted by molar-refractivity contribution is 9.10. The predicted octanol–water partition coefficient (Wildman–Crippen LogP) is 4.10. The molecule has 1 aromatic carbocycles. The number of halogens is 1. The van der Waals surface area contributed by atoms with Gasteiger partial charge in [0.2, 0.25) is 0 Å². The van der Waals surface area contributed by atoms with Gasteiger partial charge >= 0.3 is 12.0 Å². The lowest BCUT2D eigenvalue weighted by atomic mass is 10.2. The van der Waals surface area contributed by atoms with Crippen molar-refractivity contribution < 1.29 is 14.7 Å². The third-order valence-electron chi connectivity index (χ3n) is 1.96. The van der Waals surface area contributed by atoms with Gasteiger partial charge in [0.25, 0.3) is 0 Å². The second-order valence-electron chi connectivity index (χ2n) is 5.34. The Balaban J connectivity index is 0.000000885. The monoisotopic (exact) mass is 358 g/mol. The molecule has 0 spiro atoms. The summed E-state index contributed by atoms with van der Waals surface area (Å²) in [6.45, 7) is 8.13. The highest BCUT2D eigenvalue weighted by Gasteiger charge is 2.10. The van der Waals surface area contributed by atoms with Crippen LogP contribution in [0.2, 0.25) is 0 Å². The van der Waals surface area contributed by atoms with Crippen molar-refractivity contribution in [2.45, 2.75) is 40.2 Å². The van der Waals surface area contributed by atoms with Gasteiger partial charge in [-0.05, 0) is 37.1 Å². The highest BCUT2D eigenvalue weighted by Crippen LogP contribution is 2.13. The van der Waals surface area contributed by atoms with E-state index in [0.29, 0.717) is 5.69 Å². The zero-order chi connectivity index (χ0) is 16.4. The first-order valence-corrected chi connectivity index (χ1v) is 7.55. The Hall–Kier alpha value is -1.56. The van der Waals surface area contributed by atoms with Crippen LogP contribution in [0.4, 0.5) is 10.5 Å². The number of carboxylic acids is 1. The van der Waals surface area contributed by atoms with Crippen molar-refractivity contribution in [2.24, 2.45) is 5.92 Å². The Morgan fingerprint density at radius 2 is 1.62 bits per heavy atom. The van der Waals surface area contributed by atoms with E-state index >= 15 is 0 Å². The smallest absolute Gasteiger partial charge is 0.319 e. The molecular weight excluding hydrogens is 336 g/mol. The first kappa shape index (κ1) is 19.4. The number of carboxylic acid groups (broad SMARTS) is 1. The normalized spacial score (nSPS) is 11.1. The maximum atomic E-state index is 11.5. The molecule has 3 N–H and O–H groups in total. The molecule has 0 heterocycles. The van der Waals surface area contributed by atoms with Crippen molar-refractivity contribution in [2.75, 3.05) is 5.32 Å². The minimum atomic E-state index is -0.943. The van der Waals surface area contributed by atoms with E-state index in [9.17, 15) is 9.59 Å². The Kier molecular flexibility index (Phi) is 9.45. The van der Waals surface area contributed by atoms with Crippen molar-refractivity contribution in [3.8, 4) is 0 Å². The summed E-state index contributed by atoms with van der Waals surface area (Å²) in [5.41, 5.74) is 0.647. The standard InChI is InChI=1S/C11H13BrN2O3.C4H10/c1-7(6-10(15)16)13-11(17)14-9-4-2-8(12)3-5-9;1-4(2)3/h2-5,7H,6H2,1H3,(H,15,16)(H2,13,14,17);4H,1-3H3/t7-;/m1./s1. The summed E-state index contributed by atoms with van der Waals surface area (Å²) in [4.78, 5) is 21.9. The van der Waals surface area contributed by atoms with E-state index in [4.69, 9.17) is 5.11 Å². The number of aliphatic carboxylic acids is 1. The molecule has 0 saturated carbocycles. The molecule has 0 unspecified atom stereocenters. The molecule has 5 nitrogen and oxygen atoms in total. The van der Waals surface area contributed by atoms with E-state index in [2.05, 4.69) is 47.3 Å². The number of nitrogens with one attached hydrogen (secondary N) is 2. The lowest BCUT2D eigenvalue weighted by molar-refractivity contribution is -0.137. The van der Waals surface area contributed by atoms with Gasteiger partial charge in [0.05, 0.1) is 6.42 Å². The average Bonchev–Trinajstić information content (AvgIpc) is 2.30. The molecule has 0 aliphatic heterocycles. The first-order valence-electron chi connectivity index (χ1n) is 6.75. The molecule has 21 heavy (non-hydrogen) atoms. The number of anilines is 1. The zero-order valence-corrected chi connectivity index (χ0v) is 14.4. The number of benzene rings is 1. The SMILES string of the molecule is CC(C)C.C[C@H](CC(=O)O)NC(=O)Nc1ccc(Br)cc1. The van der Waals surface area contributed by atoms with E-state index in [-0.39, 0.29) is 6.42 Å². The van der Waals surface area contributed by atoms with Gasteiger partial charge in [-0.2, -0.15) is 0 Å². The van der Waals surface area contributed by atoms with Crippen LogP contribution in [-0.2, 0) is 4.79 Å². The Labute approximate surface area is 134 Å². The van der Waals surface area contributed by atoms with Gasteiger partial charge in [-0.25, -0.2) is 4.79 Å². The molecule has 1 rings (SSSR count). The summed E-state index contributed by atoms with van der Waals surface area (Å²) < 4.78 is 0.919. The van der Waals surface area contributed by atoms with Gasteiger partial charge < -0.3 is 15.7 Å². The molecule has 0 bridgehead atoms. The number of rotatable bonds is 4. The van der Waals surface area contributed by atoms with Gasteiger partial charge in [0.1, 0.15) is 0 Å². The van der Waals surface area contributed by atoms with Crippen LogP contribution in [0.5, 0.6) is 0 Å². The molecular formula is C15H23BrN2O3. The van der Waals surface area contributed by atoms with E-state index in [0.717, 1.165) is 10.4 Å². The minimum absolute atomic E-state index is 0.103. The number of hydrogen-bond acceptors (Lipinski definition) is 2. The van der Waals surface area contributed by atoms with Gasteiger partial charge in [-0.15, -0.1) is 0 Å². The van der Waals surface area contributed by atoms with Gasteiger partial charge in [0.15, 0.2) is 0 Å². The number of urea groups is 1. The average molecular weight is 359 g/mol. The molecule has 0 aliphatic rings. The summed E-state index contributed by atoms with van der Waals surface area (Å²) in [5, 5.41) is 13.7. The molecule has 0 radical (unpaired) electrons. The highest BCUT2D eigenvalue weighted by atomic mass is 79.9. The second kappa shape index (κ2) is 10.2. The molecule has 2 amide bonds. The maximum Gasteiger partial charge on any atom is 0.319 e. The Morgan fingerprint density at radius 3 is 2.05 bits per heavy atom. The van der Waals surface area contributed by atoms with E-state index < -0.39 is 18.0 Å². The van der Waals surface area contributed by atoms with E-state index in [1.54, 1.807) is 31.2 Å². The van der Waals surface area contributed by atoms with Crippen LogP contribution in [0.3, 0.4) is 0 Å². The third kappa shape index (κ3) is 11.9. The quantitative estimate of drug-likeness (QED) is 0.757. The van der Waals surface area contributed by atoms with Gasteiger partial charge in [-0.3, -0.25) is 4.79 Å². The van der Waals surface area contributed by atoms with Crippen LogP contribution < -0.4 is 10.6 Å². The van der Waals surface area contributed by atoms with E-state index in [1.807, 2.05) is 0 Å². The molecule has 0 aromatic heterocycles. The molecule has 0 fully saturated rings. The van der Waals surface area contributed by atoms with Crippen LogP contribution in [0.1, 0.15) is 34.1 Å². The van der Waals surface area contributed by atoms with Crippen LogP contribution in [0.25, 0.3) is 0 Å². The van der Waals surface area contributed by atoms with Crippen molar-refractivity contribution in [1.82, 2.24) is 5.32 Å². The molecule has 118 valence electrons. The van der Waals surface area contributed by atoms with Crippen molar-refractivity contribution in [3.63, 3.8) is 0 Å². The van der Waals surface area contributed by atoms with Crippen LogP contribution in [-0.4, -0.2) is 23.1 Å². The van der Waals surface area contributed by atoms with Crippen molar-refractivity contribution in [3.05, 3.63) is 28.7 Å². The lowest BCUT2D eigenvalue weighted by Crippen LogP contribution is -2.37. The van der Waals surface area contributed by atoms with E-state index in [1.165, 1.54) is 0 Å². The second-order valence-corrected chi connectivity index (χ2v) is 6.25. The number of amides is 2. The van der Waals surface area contributed by atoms with Crippen molar-refractivity contribution in [1.29, 1.82) is 0 Å². The number of carbonyl (C=O) groups is 2. The third-order valence-corrected chi connectivity index (χ3v) is 2.49. The first-order chi connectivity index (χ1) is 9.70. The molecule has 0 aliphatic carbocycles. The fourth-order valence-corrected chi connectivity index (χ4v) is 1.50. The van der Waals surface area contributed by atoms with Gasteiger partial charge in [-0.1, -0.05) is 36.7 Å². The zero-order valence-electron chi connectivity index (χ0n) is 12.8.